The molecule has 0 aliphatic heterocycles. The molecule has 6 heteroatoms. The van der Waals surface area contributed by atoms with Crippen molar-refractivity contribution >= 4 is 57.3 Å². The van der Waals surface area contributed by atoms with Crippen LogP contribution in [-0.2, 0) is 0 Å². The van der Waals surface area contributed by atoms with Crippen LogP contribution < -0.4 is 5.43 Å². The van der Waals surface area contributed by atoms with Crippen LogP contribution in [0, 0.1) is 5.92 Å². The van der Waals surface area contributed by atoms with Gasteiger partial charge in [-0.3, -0.25) is 5.43 Å². The van der Waals surface area contributed by atoms with Crippen LogP contribution in [0.2, 0.25) is 15.1 Å². The van der Waals surface area contributed by atoms with E-state index in [1.54, 1.807) is 12.1 Å². The van der Waals surface area contributed by atoms with Gasteiger partial charge in [-0.25, -0.2) is 0 Å². The van der Waals surface area contributed by atoms with E-state index < -0.39 is 0 Å². The summed E-state index contributed by atoms with van der Waals surface area (Å²) in [6.45, 7) is 3.87. The third kappa shape index (κ3) is 3.70. The Balaban J connectivity index is 2.90. The highest BCUT2D eigenvalue weighted by molar-refractivity contribution is 6.65. The summed E-state index contributed by atoms with van der Waals surface area (Å²) in [6, 6.07) is 3.15. The Labute approximate surface area is 115 Å². The summed E-state index contributed by atoms with van der Waals surface area (Å²) in [5.41, 5.74) is 3.31. The van der Waals surface area contributed by atoms with Crippen LogP contribution in [0.4, 0.5) is 5.69 Å². The minimum atomic E-state index is 0.149. The Hall–Kier alpha value is -0.150. The largest absolute Gasteiger partial charge is 0.276 e. The van der Waals surface area contributed by atoms with Crippen molar-refractivity contribution in [3.63, 3.8) is 0 Å². The number of halogens is 4. The molecule has 0 heterocycles. The highest BCUT2D eigenvalue weighted by atomic mass is 35.5. The maximum Gasteiger partial charge on any atom is 0.129 e. The molecule has 0 saturated carbocycles. The SMILES string of the molecule is CC(C)C(Cl)=NNc1cc(Cl)c(Cl)cc1Cl. The van der Waals surface area contributed by atoms with Crippen molar-refractivity contribution < 1.29 is 0 Å². The molecule has 88 valence electrons. The molecule has 0 aliphatic carbocycles. The van der Waals surface area contributed by atoms with E-state index in [-0.39, 0.29) is 5.92 Å². The van der Waals surface area contributed by atoms with Gasteiger partial charge in [-0.05, 0) is 12.1 Å². The monoisotopic (exact) mass is 298 g/mol. The fourth-order valence-electron chi connectivity index (χ4n) is 0.851. The van der Waals surface area contributed by atoms with Crippen LogP contribution in [0.3, 0.4) is 0 Å². The van der Waals surface area contributed by atoms with Gasteiger partial charge >= 0.3 is 0 Å². The maximum atomic E-state index is 5.95. The Morgan fingerprint density at radius 3 is 2.25 bits per heavy atom. The summed E-state index contributed by atoms with van der Waals surface area (Å²) in [6.07, 6.45) is 0. The average molecular weight is 300 g/mol. The van der Waals surface area contributed by atoms with E-state index in [9.17, 15) is 0 Å². The number of hydrogen-bond donors (Lipinski definition) is 1. The van der Waals surface area contributed by atoms with Gasteiger partial charge in [0, 0.05) is 5.92 Å². The topological polar surface area (TPSA) is 24.4 Å². The van der Waals surface area contributed by atoms with Gasteiger partial charge in [0.2, 0.25) is 0 Å². The van der Waals surface area contributed by atoms with Gasteiger partial charge in [0.1, 0.15) is 5.17 Å². The van der Waals surface area contributed by atoms with E-state index in [0.29, 0.717) is 25.9 Å². The van der Waals surface area contributed by atoms with Gasteiger partial charge in [0.25, 0.3) is 0 Å². The van der Waals surface area contributed by atoms with Gasteiger partial charge in [0.05, 0.1) is 20.8 Å². The van der Waals surface area contributed by atoms with Crippen molar-refractivity contribution in [1.82, 2.24) is 0 Å². The van der Waals surface area contributed by atoms with Crippen LogP contribution in [0.1, 0.15) is 13.8 Å². The Morgan fingerprint density at radius 1 is 1.12 bits per heavy atom. The molecule has 0 fully saturated rings. The molecule has 0 unspecified atom stereocenters. The predicted octanol–water partition coefficient (Wildman–Crippen LogP) is 5.27. The number of anilines is 1. The van der Waals surface area contributed by atoms with Crippen molar-refractivity contribution in [3.8, 4) is 0 Å². The van der Waals surface area contributed by atoms with Crippen molar-refractivity contribution in [2.24, 2.45) is 11.0 Å². The molecular formula is C10H10Cl4N2. The average Bonchev–Trinajstić information content (AvgIpc) is 2.20. The Morgan fingerprint density at radius 2 is 1.69 bits per heavy atom. The number of benzene rings is 1. The van der Waals surface area contributed by atoms with Crippen molar-refractivity contribution in [2.75, 3.05) is 5.43 Å². The number of hydrogen-bond acceptors (Lipinski definition) is 2. The van der Waals surface area contributed by atoms with Crippen LogP contribution in [-0.4, -0.2) is 5.17 Å². The molecule has 1 aromatic rings. The number of nitrogens with one attached hydrogen (secondary N) is 1. The summed E-state index contributed by atoms with van der Waals surface area (Å²) < 4.78 is 0. The third-order valence-corrected chi connectivity index (χ3v) is 3.33. The first-order valence-electron chi connectivity index (χ1n) is 4.55. The Kier molecular flexibility index (Phi) is 5.19. The quantitative estimate of drug-likeness (QED) is 0.459. The lowest BCUT2D eigenvalue weighted by Gasteiger charge is -2.07. The van der Waals surface area contributed by atoms with Gasteiger partial charge in [-0.2, -0.15) is 5.10 Å². The molecule has 1 aromatic carbocycles. The third-order valence-electron chi connectivity index (χ3n) is 1.77. The first-order valence-corrected chi connectivity index (χ1v) is 6.06. The van der Waals surface area contributed by atoms with Crippen LogP contribution in [0.5, 0.6) is 0 Å². The van der Waals surface area contributed by atoms with Gasteiger partial charge in [-0.15, -0.1) is 0 Å². The number of rotatable bonds is 3. The molecular weight excluding hydrogens is 290 g/mol. The lowest BCUT2D eigenvalue weighted by molar-refractivity contribution is 0.895. The minimum Gasteiger partial charge on any atom is -0.276 e. The first-order chi connectivity index (χ1) is 7.41. The zero-order valence-corrected chi connectivity index (χ0v) is 11.7. The van der Waals surface area contributed by atoms with Gasteiger partial charge in [-0.1, -0.05) is 60.3 Å². The molecule has 2 nitrogen and oxygen atoms in total. The van der Waals surface area contributed by atoms with E-state index in [1.807, 2.05) is 13.8 Å². The Bertz CT molecular complexity index is 416. The normalized spacial score (nSPS) is 12.1. The summed E-state index contributed by atoms with van der Waals surface area (Å²) >= 11 is 23.5. The maximum absolute atomic E-state index is 5.95. The molecule has 16 heavy (non-hydrogen) atoms. The molecule has 0 aliphatic rings. The molecule has 0 saturated heterocycles. The molecule has 0 amide bonds. The lowest BCUT2D eigenvalue weighted by atomic mass is 10.2. The summed E-state index contributed by atoms with van der Waals surface area (Å²) in [5, 5.41) is 5.67. The van der Waals surface area contributed by atoms with E-state index >= 15 is 0 Å². The van der Waals surface area contributed by atoms with Crippen molar-refractivity contribution in [2.45, 2.75) is 13.8 Å². The second kappa shape index (κ2) is 5.97. The molecule has 1 N–H and O–H groups in total. The molecule has 0 aromatic heterocycles. The van der Waals surface area contributed by atoms with E-state index in [2.05, 4.69) is 10.5 Å². The molecule has 0 spiro atoms. The summed E-state index contributed by atoms with van der Waals surface area (Å²) in [5.74, 6) is 0.149. The zero-order valence-electron chi connectivity index (χ0n) is 8.69. The fraction of sp³-hybridized carbons (Fsp3) is 0.300. The summed E-state index contributed by atoms with van der Waals surface area (Å²) in [7, 11) is 0. The minimum absolute atomic E-state index is 0.149. The van der Waals surface area contributed by atoms with E-state index in [1.165, 1.54) is 0 Å². The molecule has 0 atom stereocenters. The standard InChI is InChI=1S/C10H10Cl4N2/c1-5(2)10(14)16-15-9-4-7(12)6(11)3-8(9)13/h3-5,15H,1-2H3. The van der Waals surface area contributed by atoms with E-state index in [0.717, 1.165) is 0 Å². The zero-order chi connectivity index (χ0) is 12.3. The second-order valence-electron chi connectivity index (χ2n) is 3.45. The molecule has 0 radical (unpaired) electrons. The van der Waals surface area contributed by atoms with Crippen LogP contribution in [0.25, 0.3) is 0 Å². The van der Waals surface area contributed by atoms with Crippen LogP contribution >= 0.6 is 46.4 Å². The molecule has 1 rings (SSSR count). The van der Waals surface area contributed by atoms with Crippen molar-refractivity contribution in [1.29, 1.82) is 0 Å². The lowest BCUT2D eigenvalue weighted by Crippen LogP contribution is -2.02. The van der Waals surface area contributed by atoms with Gasteiger partial charge in [0.15, 0.2) is 0 Å². The van der Waals surface area contributed by atoms with Gasteiger partial charge < -0.3 is 0 Å². The number of hydrazone groups is 1. The molecule has 0 bridgehead atoms. The summed E-state index contributed by atoms with van der Waals surface area (Å²) in [4.78, 5) is 0. The van der Waals surface area contributed by atoms with Crippen molar-refractivity contribution in [3.05, 3.63) is 27.2 Å². The fourth-order valence-corrected chi connectivity index (χ4v) is 1.48. The predicted molar refractivity (Wildman–Crippen MR) is 73.2 cm³/mol. The smallest absolute Gasteiger partial charge is 0.129 e. The second-order valence-corrected chi connectivity index (χ2v) is 5.06. The van der Waals surface area contributed by atoms with Crippen LogP contribution in [0.15, 0.2) is 17.2 Å². The van der Waals surface area contributed by atoms with E-state index in [4.69, 9.17) is 46.4 Å². The number of nitrogens with zero attached hydrogens (tertiary/aromatic N) is 1. The highest BCUT2D eigenvalue weighted by Gasteiger charge is 2.06. The highest BCUT2D eigenvalue weighted by Crippen LogP contribution is 2.32. The first kappa shape index (κ1) is 13.9.